The number of amides is 3. The quantitative estimate of drug-likeness (QED) is 0.258. The van der Waals surface area contributed by atoms with Gasteiger partial charge in [0.25, 0.3) is 11.8 Å². The highest BCUT2D eigenvalue weighted by Gasteiger charge is 2.33. The largest absolute Gasteiger partial charge is 0.308 e. The van der Waals surface area contributed by atoms with Crippen molar-refractivity contribution in [3.63, 3.8) is 0 Å². The number of anilines is 2. The Bertz CT molecular complexity index is 1600. The Labute approximate surface area is 233 Å². The third kappa shape index (κ3) is 5.29. The predicted octanol–water partition coefficient (Wildman–Crippen LogP) is 5.30. The number of nitrogens with one attached hydrogen (secondary N) is 1. The second-order valence-electron chi connectivity index (χ2n) is 9.83. The minimum atomic E-state index is -0.579. The molecule has 40 heavy (non-hydrogen) atoms. The molecule has 202 valence electrons. The lowest BCUT2D eigenvalue weighted by Crippen LogP contribution is -2.44. The fraction of sp³-hybridized carbons (Fsp3) is 0.188. The Hall–Kier alpha value is -4.98. The van der Waals surface area contributed by atoms with E-state index in [9.17, 15) is 14.4 Å². The zero-order valence-electron chi connectivity index (χ0n) is 22.7. The first-order valence-electron chi connectivity index (χ1n) is 13.3. The lowest BCUT2D eigenvalue weighted by molar-refractivity contribution is -0.131. The smallest absolute Gasteiger partial charge is 0.268 e. The van der Waals surface area contributed by atoms with Crippen molar-refractivity contribution in [2.24, 2.45) is 0 Å². The van der Waals surface area contributed by atoms with Gasteiger partial charge >= 0.3 is 0 Å². The van der Waals surface area contributed by atoms with Gasteiger partial charge in [-0.3, -0.25) is 24.4 Å². The van der Waals surface area contributed by atoms with E-state index >= 15 is 0 Å². The zero-order chi connectivity index (χ0) is 28.2. The van der Waals surface area contributed by atoms with E-state index in [0.29, 0.717) is 11.4 Å². The number of hydrogen-bond acceptors (Lipinski definition) is 4. The maximum Gasteiger partial charge on any atom is 0.268 e. The van der Waals surface area contributed by atoms with Gasteiger partial charge in [-0.05, 0) is 62.2 Å². The van der Waals surface area contributed by atoms with Crippen LogP contribution >= 0.6 is 0 Å². The van der Waals surface area contributed by atoms with Crippen molar-refractivity contribution >= 4 is 46.1 Å². The second-order valence-corrected chi connectivity index (χ2v) is 9.83. The number of aromatic nitrogens is 2. The van der Waals surface area contributed by atoms with E-state index in [1.165, 1.54) is 33.8 Å². The number of rotatable bonds is 7. The SMILES string of the molecule is CCc1ccc(N(C(=O)CN2C=CN(c3ccccc3)C(=O)C(=Cc3n[nH]c4ccccc34)C2=O)C(C)C)cc1. The van der Waals surface area contributed by atoms with Crippen LogP contribution < -0.4 is 9.80 Å². The Morgan fingerprint density at radius 2 is 1.62 bits per heavy atom. The number of H-pyrrole nitrogens is 1. The molecule has 4 aromatic rings. The summed E-state index contributed by atoms with van der Waals surface area (Å²) in [6.07, 6.45) is 5.42. The Morgan fingerprint density at radius 3 is 2.33 bits per heavy atom. The fourth-order valence-electron chi connectivity index (χ4n) is 4.77. The molecule has 2 heterocycles. The maximum atomic E-state index is 13.9. The molecule has 0 atom stereocenters. The van der Waals surface area contributed by atoms with Gasteiger partial charge in [0.2, 0.25) is 5.91 Å². The Morgan fingerprint density at radius 1 is 0.925 bits per heavy atom. The van der Waals surface area contributed by atoms with Crippen molar-refractivity contribution in [2.75, 3.05) is 16.3 Å². The van der Waals surface area contributed by atoms with Crippen LogP contribution in [0.5, 0.6) is 0 Å². The van der Waals surface area contributed by atoms with Crippen LogP contribution in [-0.2, 0) is 20.8 Å². The van der Waals surface area contributed by atoms with Gasteiger partial charge < -0.3 is 9.80 Å². The summed E-state index contributed by atoms with van der Waals surface area (Å²) in [5.41, 5.74) is 3.68. The number of nitrogens with zero attached hydrogens (tertiary/aromatic N) is 4. The molecule has 0 unspecified atom stereocenters. The molecule has 8 heteroatoms. The van der Waals surface area contributed by atoms with Crippen molar-refractivity contribution in [3.8, 4) is 0 Å². The molecule has 0 spiro atoms. The summed E-state index contributed by atoms with van der Waals surface area (Å²) in [5, 5.41) is 8.06. The average molecular weight is 534 g/mol. The number of para-hydroxylation sites is 2. The monoisotopic (exact) mass is 533 g/mol. The molecule has 0 radical (unpaired) electrons. The van der Waals surface area contributed by atoms with Gasteiger partial charge in [0.15, 0.2) is 0 Å². The van der Waals surface area contributed by atoms with Crippen LogP contribution in [0.1, 0.15) is 32.0 Å². The highest BCUT2D eigenvalue weighted by Crippen LogP contribution is 2.26. The number of carbonyl (C=O) groups is 3. The van der Waals surface area contributed by atoms with E-state index in [1.807, 2.05) is 80.6 Å². The van der Waals surface area contributed by atoms with Crippen molar-refractivity contribution in [1.29, 1.82) is 0 Å². The molecule has 1 aromatic heterocycles. The lowest BCUT2D eigenvalue weighted by atomic mass is 10.1. The van der Waals surface area contributed by atoms with Crippen molar-refractivity contribution in [1.82, 2.24) is 15.1 Å². The summed E-state index contributed by atoms with van der Waals surface area (Å²) >= 11 is 0. The minimum absolute atomic E-state index is 0.0951. The molecule has 0 aliphatic carbocycles. The van der Waals surface area contributed by atoms with Crippen molar-refractivity contribution < 1.29 is 14.4 Å². The van der Waals surface area contributed by atoms with Gasteiger partial charge in [-0.2, -0.15) is 5.10 Å². The number of fused-ring (bicyclic) bond motifs is 1. The number of benzene rings is 3. The number of carbonyl (C=O) groups excluding carboxylic acids is 3. The first kappa shape index (κ1) is 26.6. The van der Waals surface area contributed by atoms with Crippen LogP contribution in [0.15, 0.2) is 96.8 Å². The molecule has 3 amide bonds. The van der Waals surface area contributed by atoms with E-state index < -0.39 is 11.8 Å². The topological polar surface area (TPSA) is 89.6 Å². The van der Waals surface area contributed by atoms with E-state index in [2.05, 4.69) is 17.1 Å². The van der Waals surface area contributed by atoms with E-state index in [1.54, 1.807) is 17.0 Å². The molecule has 0 saturated heterocycles. The first-order chi connectivity index (χ1) is 19.4. The summed E-state index contributed by atoms with van der Waals surface area (Å²) in [4.78, 5) is 45.7. The third-order valence-corrected chi connectivity index (χ3v) is 6.86. The van der Waals surface area contributed by atoms with Crippen molar-refractivity contribution in [3.05, 3.63) is 108 Å². The molecule has 5 rings (SSSR count). The fourth-order valence-corrected chi connectivity index (χ4v) is 4.77. The maximum absolute atomic E-state index is 13.9. The molecule has 8 nitrogen and oxygen atoms in total. The van der Waals surface area contributed by atoms with E-state index in [-0.39, 0.29) is 24.1 Å². The van der Waals surface area contributed by atoms with Gasteiger partial charge in [-0.1, -0.05) is 55.5 Å². The Kier molecular flexibility index (Phi) is 7.59. The average Bonchev–Trinajstić information content (AvgIpc) is 3.34. The number of aryl methyl sites for hydroxylation is 1. The molecule has 0 bridgehead atoms. The van der Waals surface area contributed by atoms with Gasteiger partial charge in [0.1, 0.15) is 12.1 Å². The van der Waals surface area contributed by atoms with Crippen LogP contribution in [0.4, 0.5) is 11.4 Å². The molecule has 3 aromatic carbocycles. The molecule has 1 aliphatic heterocycles. The first-order valence-corrected chi connectivity index (χ1v) is 13.3. The third-order valence-electron chi connectivity index (χ3n) is 6.86. The van der Waals surface area contributed by atoms with Crippen LogP contribution in [0.2, 0.25) is 0 Å². The van der Waals surface area contributed by atoms with Crippen LogP contribution in [0.25, 0.3) is 17.0 Å². The number of aromatic amines is 1. The summed E-state index contributed by atoms with van der Waals surface area (Å²) in [6.45, 7) is 5.70. The van der Waals surface area contributed by atoms with E-state index in [0.717, 1.165) is 23.0 Å². The second kappa shape index (κ2) is 11.4. The summed E-state index contributed by atoms with van der Waals surface area (Å²) in [7, 11) is 0. The Balaban J connectivity index is 1.52. The summed E-state index contributed by atoms with van der Waals surface area (Å²) < 4.78 is 0. The minimum Gasteiger partial charge on any atom is -0.308 e. The van der Waals surface area contributed by atoms with Gasteiger partial charge in [0.05, 0.1) is 11.2 Å². The normalized spacial score (nSPS) is 14.8. The molecular weight excluding hydrogens is 502 g/mol. The van der Waals surface area contributed by atoms with Gasteiger partial charge in [-0.15, -0.1) is 0 Å². The number of hydrogen-bond donors (Lipinski definition) is 1. The highest BCUT2D eigenvalue weighted by molar-refractivity contribution is 6.28. The van der Waals surface area contributed by atoms with Gasteiger partial charge in [0, 0.05) is 35.2 Å². The lowest BCUT2D eigenvalue weighted by Gasteiger charge is -2.29. The van der Waals surface area contributed by atoms with Crippen LogP contribution in [0.3, 0.4) is 0 Å². The van der Waals surface area contributed by atoms with Crippen LogP contribution in [0, 0.1) is 0 Å². The predicted molar refractivity (Wildman–Crippen MR) is 157 cm³/mol. The van der Waals surface area contributed by atoms with E-state index in [4.69, 9.17) is 0 Å². The standard InChI is InChI=1S/C32H31N5O3/c1-4-23-14-16-25(17-15-23)37(22(2)3)30(38)21-35-18-19-36(24-10-6-5-7-11-24)32(40)27(31(35)39)20-29-26-12-8-9-13-28(26)33-34-29/h5-20,22H,4,21H2,1-3H3,(H,33,34). The molecular formula is C32H31N5O3. The van der Waals surface area contributed by atoms with Gasteiger partial charge in [-0.25, -0.2) is 0 Å². The van der Waals surface area contributed by atoms with Crippen LogP contribution in [-0.4, -0.2) is 45.4 Å². The summed E-state index contributed by atoms with van der Waals surface area (Å²) in [5.74, 6) is -1.35. The molecule has 1 aliphatic rings. The molecule has 0 saturated carbocycles. The molecule has 1 N–H and O–H groups in total. The zero-order valence-corrected chi connectivity index (χ0v) is 22.7. The highest BCUT2D eigenvalue weighted by atomic mass is 16.2. The molecule has 0 fully saturated rings. The summed E-state index contributed by atoms with van der Waals surface area (Å²) in [6, 6.07) is 24.3. The van der Waals surface area contributed by atoms with Crippen molar-refractivity contribution in [2.45, 2.75) is 33.2 Å².